The lowest BCUT2D eigenvalue weighted by Crippen LogP contribution is -2.46. The lowest BCUT2D eigenvalue weighted by molar-refractivity contribution is -0.120. The van der Waals surface area contributed by atoms with Crippen molar-refractivity contribution in [3.05, 3.63) is 11.8 Å². The highest BCUT2D eigenvalue weighted by Crippen LogP contribution is 2.52. The number of aliphatic hydroxyl groups excluding tert-OH is 1. The molecule has 1 N–H and O–H groups in total. The number of aliphatic hydroxyl groups is 1. The number of allylic oxidation sites excluding steroid dienone is 1. The summed E-state index contributed by atoms with van der Waals surface area (Å²) in [6.45, 7) is 5.85. The number of nitrogens with zero attached hydrogens (tertiary/aromatic N) is 2. The highest BCUT2D eigenvalue weighted by Gasteiger charge is 2.51. The summed E-state index contributed by atoms with van der Waals surface area (Å²) in [5.41, 5.74) is -0.126. The molecule has 0 aromatic rings. The van der Waals surface area contributed by atoms with Crippen molar-refractivity contribution in [1.82, 2.24) is 0 Å². The molecule has 0 saturated carbocycles. The molecule has 5 heteroatoms. The number of nitriles is 1. The zero-order valence-corrected chi connectivity index (χ0v) is 11.5. The average molecular weight is 264 g/mol. The second-order valence-electron chi connectivity index (χ2n) is 5.74. The second kappa shape index (κ2) is 4.13. The summed E-state index contributed by atoms with van der Waals surface area (Å²) in [6.07, 6.45) is 2.95. The van der Waals surface area contributed by atoms with E-state index < -0.39 is 16.6 Å². The molecule has 1 aliphatic heterocycles. The normalized spacial score (nSPS) is 34.8. The lowest BCUT2D eigenvalue weighted by atomic mass is 9.70. The molecule has 18 heavy (non-hydrogen) atoms. The smallest absolute Gasteiger partial charge is 0.265 e. The number of carbonyl (C=O) groups excluding carboxylic acids is 1. The van der Waals surface area contributed by atoms with E-state index in [1.165, 1.54) is 11.8 Å². The molecule has 2 unspecified atom stereocenters. The Morgan fingerprint density at radius 2 is 2.28 bits per heavy atom. The van der Waals surface area contributed by atoms with E-state index in [1.54, 1.807) is 13.0 Å². The summed E-state index contributed by atoms with van der Waals surface area (Å²) in [5, 5.41) is 19.9. The van der Waals surface area contributed by atoms with Gasteiger partial charge >= 0.3 is 0 Å². The predicted molar refractivity (Wildman–Crippen MR) is 71.3 cm³/mol. The third kappa shape index (κ3) is 2.17. The minimum Gasteiger partial charge on any atom is -0.513 e. The molecule has 1 spiro atoms. The maximum Gasteiger partial charge on any atom is 0.265 e. The van der Waals surface area contributed by atoms with Crippen LogP contribution in [0.25, 0.3) is 0 Å². The molecule has 4 nitrogen and oxygen atoms in total. The van der Waals surface area contributed by atoms with Gasteiger partial charge in [-0.15, -0.1) is 0 Å². The molecule has 0 fully saturated rings. The van der Waals surface area contributed by atoms with E-state index in [9.17, 15) is 15.2 Å². The molecule has 1 amide bonds. The van der Waals surface area contributed by atoms with Crippen molar-refractivity contribution >= 4 is 22.7 Å². The Balaban J connectivity index is 2.53. The Bertz CT molecular complexity index is 502. The van der Waals surface area contributed by atoms with E-state index >= 15 is 0 Å². The first-order chi connectivity index (χ1) is 8.28. The van der Waals surface area contributed by atoms with Crippen LogP contribution in [0.3, 0.4) is 0 Å². The summed E-state index contributed by atoms with van der Waals surface area (Å²) in [4.78, 5) is 15.8. The molecular formula is C13H16N2O2S. The zero-order chi connectivity index (χ0) is 13.6. The first-order valence-electron chi connectivity index (χ1n) is 5.86. The maximum atomic E-state index is 11.9. The van der Waals surface area contributed by atoms with Crippen molar-refractivity contribution in [2.75, 3.05) is 0 Å². The van der Waals surface area contributed by atoms with Crippen molar-refractivity contribution < 1.29 is 9.90 Å². The number of carbonyl (C=O) groups is 1. The van der Waals surface area contributed by atoms with Crippen molar-refractivity contribution in [2.24, 2.45) is 16.3 Å². The molecule has 0 aromatic carbocycles. The molecule has 0 saturated heterocycles. The molecule has 96 valence electrons. The van der Waals surface area contributed by atoms with Gasteiger partial charge in [-0.1, -0.05) is 25.6 Å². The van der Waals surface area contributed by atoms with Crippen LogP contribution in [0.1, 0.15) is 33.6 Å². The van der Waals surface area contributed by atoms with E-state index in [0.717, 1.165) is 0 Å². The summed E-state index contributed by atoms with van der Waals surface area (Å²) < 4.78 is -0.663. The van der Waals surface area contributed by atoms with E-state index in [4.69, 9.17) is 0 Å². The third-order valence-corrected chi connectivity index (χ3v) is 4.56. The van der Waals surface area contributed by atoms with Gasteiger partial charge in [0.05, 0.1) is 21.6 Å². The third-order valence-electron chi connectivity index (χ3n) is 3.30. The molecule has 0 radical (unpaired) electrons. The van der Waals surface area contributed by atoms with Crippen LogP contribution in [0.15, 0.2) is 16.8 Å². The minimum atomic E-state index is -0.812. The number of hydrogen-bond donors (Lipinski definition) is 1. The fourth-order valence-electron chi connectivity index (χ4n) is 2.89. The van der Waals surface area contributed by atoms with Crippen LogP contribution in [-0.2, 0) is 4.79 Å². The van der Waals surface area contributed by atoms with Crippen LogP contribution in [0.4, 0.5) is 0 Å². The Kier molecular flexibility index (Phi) is 3.02. The minimum absolute atomic E-state index is 0.126. The molecular weight excluding hydrogens is 248 g/mol. The van der Waals surface area contributed by atoms with Crippen LogP contribution in [-0.4, -0.2) is 20.8 Å². The Hall–Kier alpha value is -1.28. The van der Waals surface area contributed by atoms with Crippen molar-refractivity contribution in [3.8, 4) is 6.07 Å². The summed E-state index contributed by atoms with van der Waals surface area (Å²) in [6, 6.07) is 2.06. The first-order valence-corrected chi connectivity index (χ1v) is 6.68. The van der Waals surface area contributed by atoms with Crippen LogP contribution in [0.2, 0.25) is 0 Å². The molecule has 0 bridgehead atoms. The van der Waals surface area contributed by atoms with Crippen molar-refractivity contribution in [2.45, 2.75) is 38.4 Å². The summed E-state index contributed by atoms with van der Waals surface area (Å²) >= 11 is 1.42. The van der Waals surface area contributed by atoms with E-state index in [0.29, 0.717) is 17.9 Å². The van der Waals surface area contributed by atoms with Gasteiger partial charge in [0.1, 0.15) is 5.92 Å². The topological polar surface area (TPSA) is 73.5 Å². The molecule has 2 atom stereocenters. The van der Waals surface area contributed by atoms with Gasteiger partial charge in [0, 0.05) is 6.42 Å². The van der Waals surface area contributed by atoms with Gasteiger partial charge in [0.15, 0.2) is 0 Å². The number of hydrogen-bond acceptors (Lipinski definition) is 4. The van der Waals surface area contributed by atoms with Crippen molar-refractivity contribution in [1.29, 1.82) is 5.26 Å². The fourth-order valence-corrected chi connectivity index (χ4v) is 4.50. The van der Waals surface area contributed by atoms with Crippen LogP contribution in [0.5, 0.6) is 0 Å². The van der Waals surface area contributed by atoms with E-state index in [1.807, 2.05) is 13.8 Å². The Morgan fingerprint density at radius 1 is 1.61 bits per heavy atom. The number of aliphatic imine (C=N–C) groups is 1. The van der Waals surface area contributed by atoms with E-state index in [2.05, 4.69) is 11.1 Å². The van der Waals surface area contributed by atoms with Gasteiger partial charge in [-0.05, 0) is 24.8 Å². The van der Waals surface area contributed by atoms with Gasteiger partial charge in [0.2, 0.25) is 0 Å². The zero-order valence-electron chi connectivity index (χ0n) is 10.7. The van der Waals surface area contributed by atoms with Crippen LogP contribution >= 0.6 is 11.8 Å². The van der Waals surface area contributed by atoms with Gasteiger partial charge < -0.3 is 5.11 Å². The lowest BCUT2D eigenvalue weighted by Gasteiger charge is -2.44. The summed E-state index contributed by atoms with van der Waals surface area (Å²) in [7, 11) is 0. The molecule has 1 heterocycles. The SMILES string of the molecule is CC1=NC(=O)C(C#N)C2(C=C(O)CC(C)(C)C2)S1. The summed E-state index contributed by atoms with van der Waals surface area (Å²) in [5.74, 6) is -0.940. The molecule has 2 rings (SSSR count). The highest BCUT2D eigenvalue weighted by molar-refractivity contribution is 8.15. The van der Waals surface area contributed by atoms with E-state index in [-0.39, 0.29) is 11.2 Å². The standard InChI is InChI=1S/C13H16N2O2S/c1-8-15-11(17)10(6-14)13(18-8)5-9(16)4-12(2,3)7-13/h5,10,16H,4,7H2,1-3H3. The average Bonchev–Trinajstić information content (AvgIpc) is 2.11. The highest BCUT2D eigenvalue weighted by atomic mass is 32.2. The van der Waals surface area contributed by atoms with Gasteiger partial charge in [-0.25, -0.2) is 4.99 Å². The number of rotatable bonds is 0. The largest absolute Gasteiger partial charge is 0.513 e. The van der Waals surface area contributed by atoms with Gasteiger partial charge in [0.25, 0.3) is 5.91 Å². The molecule has 2 aliphatic rings. The Morgan fingerprint density at radius 3 is 2.83 bits per heavy atom. The molecule has 1 aliphatic carbocycles. The number of thioether (sulfide) groups is 1. The molecule has 0 aromatic heterocycles. The monoisotopic (exact) mass is 264 g/mol. The maximum absolute atomic E-state index is 11.9. The van der Waals surface area contributed by atoms with Crippen LogP contribution < -0.4 is 0 Å². The second-order valence-corrected chi connectivity index (χ2v) is 7.30. The van der Waals surface area contributed by atoms with Gasteiger partial charge in [-0.3, -0.25) is 4.79 Å². The quantitative estimate of drug-likeness (QED) is 0.730. The fraction of sp³-hybridized carbons (Fsp3) is 0.615. The number of amides is 1. The van der Waals surface area contributed by atoms with Gasteiger partial charge in [-0.2, -0.15) is 5.26 Å². The first kappa shape index (κ1) is 13.2. The van der Waals surface area contributed by atoms with Crippen LogP contribution in [0, 0.1) is 22.7 Å². The predicted octanol–water partition coefficient (Wildman–Crippen LogP) is 2.82. The Labute approximate surface area is 111 Å². The van der Waals surface area contributed by atoms with Crippen molar-refractivity contribution in [3.63, 3.8) is 0 Å².